The molecule has 53 heavy (non-hydrogen) atoms. The van der Waals surface area contributed by atoms with Crippen LogP contribution in [0.15, 0.2) is 36.5 Å². The van der Waals surface area contributed by atoms with Crippen molar-refractivity contribution in [1.29, 1.82) is 0 Å². The molecule has 4 aliphatic rings. The van der Waals surface area contributed by atoms with Crippen LogP contribution in [0.3, 0.4) is 0 Å². The van der Waals surface area contributed by atoms with Crippen LogP contribution in [0.5, 0.6) is 17.4 Å². The van der Waals surface area contributed by atoms with E-state index in [1.54, 1.807) is 31.2 Å². The summed E-state index contributed by atoms with van der Waals surface area (Å²) in [6.45, 7) is 2.47. The van der Waals surface area contributed by atoms with Crippen molar-refractivity contribution in [3.8, 4) is 17.4 Å². The van der Waals surface area contributed by atoms with Crippen molar-refractivity contribution < 1.29 is 51.3 Å². The predicted molar refractivity (Wildman–Crippen MR) is 190 cm³/mol. The Kier molecular flexibility index (Phi) is 10.5. The number of hydrogen-bond donors (Lipinski definition) is 4. The molecule has 0 spiro atoms. The number of carboxylic acid groups (broad SMARTS) is 1. The van der Waals surface area contributed by atoms with Gasteiger partial charge in [0.15, 0.2) is 0 Å². The third-order valence-corrected chi connectivity index (χ3v) is 13.2. The highest BCUT2D eigenvalue weighted by Crippen LogP contribution is 2.48. The second-order valence-electron chi connectivity index (χ2n) is 14.7. The number of allylic oxidation sites excluding steroid dienone is 1. The number of pyridine rings is 1. The zero-order valence-corrected chi connectivity index (χ0v) is 30.9. The van der Waals surface area contributed by atoms with Crippen molar-refractivity contribution >= 4 is 44.6 Å². The largest absolute Gasteiger partial charge is 0.497 e. The van der Waals surface area contributed by atoms with Gasteiger partial charge in [0.05, 0.1) is 27.0 Å². The summed E-state index contributed by atoms with van der Waals surface area (Å²) >= 11 is 0. The van der Waals surface area contributed by atoms with Gasteiger partial charge in [-0.25, -0.2) is 22.6 Å². The van der Waals surface area contributed by atoms with E-state index in [-0.39, 0.29) is 44.0 Å². The zero-order chi connectivity index (χ0) is 38.3. The molecule has 1 aromatic heterocycles. The number of sulfonamides is 1. The van der Waals surface area contributed by atoms with Crippen LogP contribution in [0.25, 0.3) is 10.8 Å². The van der Waals surface area contributed by atoms with Crippen molar-refractivity contribution in [3.63, 3.8) is 0 Å². The first-order valence-electron chi connectivity index (χ1n) is 17.8. The lowest BCUT2D eigenvalue weighted by Gasteiger charge is -2.31. The van der Waals surface area contributed by atoms with Crippen molar-refractivity contribution in [2.45, 2.75) is 87.3 Å². The summed E-state index contributed by atoms with van der Waals surface area (Å²) in [4.78, 5) is 60.1. The molecule has 1 saturated heterocycles. The number of hydrogen-bond acceptors (Lipinski definition) is 10. The molecule has 0 unspecified atom stereocenters. The molecule has 2 saturated carbocycles. The van der Waals surface area contributed by atoms with Gasteiger partial charge < -0.3 is 34.9 Å². The van der Waals surface area contributed by atoms with Gasteiger partial charge in [-0.3, -0.25) is 19.1 Å². The number of rotatable bonds is 9. The van der Waals surface area contributed by atoms with Crippen LogP contribution in [-0.4, -0.2) is 103 Å². The van der Waals surface area contributed by atoms with E-state index in [1.165, 1.54) is 25.3 Å². The third kappa shape index (κ3) is 7.44. The molecule has 4 N–H and O–H groups in total. The first kappa shape index (κ1) is 38.1. The van der Waals surface area contributed by atoms with Crippen molar-refractivity contribution in [1.82, 2.24) is 25.2 Å². The molecule has 0 radical (unpaired) electrons. The Morgan fingerprint density at radius 1 is 1.11 bits per heavy atom. The van der Waals surface area contributed by atoms with Gasteiger partial charge in [0, 0.05) is 23.1 Å². The summed E-state index contributed by atoms with van der Waals surface area (Å²) in [6.07, 6.45) is 4.98. The Morgan fingerprint density at radius 3 is 2.53 bits per heavy atom. The normalized spacial score (nSPS) is 29.8. The number of carbonyl (C=O) groups is 4. The number of amides is 4. The monoisotopic (exact) mass is 759 g/mol. The number of nitrogens with one attached hydrogen (secondary N) is 3. The van der Waals surface area contributed by atoms with E-state index in [9.17, 15) is 37.1 Å². The van der Waals surface area contributed by atoms with Crippen LogP contribution in [0.4, 0.5) is 9.18 Å². The van der Waals surface area contributed by atoms with Crippen LogP contribution in [-0.2, 0) is 24.4 Å². The first-order valence-corrected chi connectivity index (χ1v) is 19.3. The van der Waals surface area contributed by atoms with Crippen LogP contribution >= 0.6 is 0 Å². The average Bonchev–Trinajstić information content (AvgIpc) is 4.03. The zero-order valence-electron chi connectivity index (χ0n) is 30.1. The van der Waals surface area contributed by atoms with Gasteiger partial charge in [0.25, 0.3) is 5.91 Å². The van der Waals surface area contributed by atoms with Crippen molar-refractivity contribution in [2.75, 3.05) is 27.4 Å². The summed E-state index contributed by atoms with van der Waals surface area (Å²) in [6, 6.07) is 2.79. The summed E-state index contributed by atoms with van der Waals surface area (Å²) in [7, 11) is -1.37. The summed E-state index contributed by atoms with van der Waals surface area (Å²) in [5.74, 6) is -2.13. The molecule has 288 valence electrons. The van der Waals surface area contributed by atoms with Crippen LogP contribution < -0.4 is 29.6 Å². The number of benzene rings is 1. The fourth-order valence-electron chi connectivity index (χ4n) is 7.41. The lowest BCUT2D eigenvalue weighted by Crippen LogP contribution is -2.59. The molecular formula is C36H46FN5O10S. The van der Waals surface area contributed by atoms with Crippen LogP contribution in [0.2, 0.25) is 0 Å². The molecule has 3 heterocycles. The average molecular weight is 760 g/mol. The molecule has 2 aliphatic heterocycles. The van der Waals surface area contributed by atoms with Crippen LogP contribution in [0.1, 0.15) is 58.8 Å². The Hall–Kier alpha value is -4.67. The van der Waals surface area contributed by atoms with E-state index in [1.807, 2.05) is 13.0 Å². The van der Waals surface area contributed by atoms with Crippen molar-refractivity contribution in [2.24, 2.45) is 17.8 Å². The van der Waals surface area contributed by atoms with E-state index in [0.29, 0.717) is 41.5 Å². The molecule has 4 amide bonds. The number of aromatic nitrogens is 1. The quantitative estimate of drug-likeness (QED) is 0.274. The van der Waals surface area contributed by atoms with Gasteiger partial charge in [-0.15, -0.1) is 0 Å². The van der Waals surface area contributed by atoms with Crippen LogP contribution in [0, 0.1) is 17.8 Å². The lowest BCUT2D eigenvalue weighted by molar-refractivity contribution is -0.142. The Labute approximate surface area is 307 Å². The number of alkyl halides is 1. The minimum atomic E-state index is -4.40. The molecule has 2 aromatic rings. The fourth-order valence-corrected chi connectivity index (χ4v) is 8.84. The summed E-state index contributed by atoms with van der Waals surface area (Å²) in [5.41, 5.74) is -1.68. The molecule has 17 heteroatoms. The smallest absolute Gasteiger partial charge is 0.405 e. The molecule has 0 bridgehead atoms. The van der Waals surface area contributed by atoms with Gasteiger partial charge in [-0.1, -0.05) is 32.4 Å². The van der Waals surface area contributed by atoms with Crippen molar-refractivity contribution in [3.05, 3.63) is 36.5 Å². The third-order valence-electron chi connectivity index (χ3n) is 11.1. The molecule has 6 rings (SSSR count). The molecular weight excluding hydrogens is 713 g/mol. The number of carbonyl (C=O) groups excluding carboxylic acids is 3. The van der Waals surface area contributed by atoms with E-state index >= 15 is 0 Å². The molecule has 2 aliphatic carbocycles. The number of nitrogens with zero attached hydrogens (tertiary/aromatic N) is 2. The summed E-state index contributed by atoms with van der Waals surface area (Å²) < 4.78 is 57.6. The lowest BCUT2D eigenvalue weighted by atomic mass is 9.92. The van der Waals surface area contributed by atoms with Gasteiger partial charge >= 0.3 is 6.09 Å². The Bertz CT molecular complexity index is 1920. The second kappa shape index (κ2) is 14.6. The number of ether oxygens (including phenoxy) is 3. The molecule has 1 aromatic carbocycles. The fraction of sp³-hybridized carbons (Fsp3) is 0.583. The van der Waals surface area contributed by atoms with Gasteiger partial charge in [0.2, 0.25) is 27.7 Å². The van der Waals surface area contributed by atoms with Gasteiger partial charge in [-0.05, 0) is 62.1 Å². The first-order chi connectivity index (χ1) is 25.2. The van der Waals surface area contributed by atoms with E-state index in [0.717, 1.165) is 0 Å². The van der Waals surface area contributed by atoms with E-state index in [2.05, 4.69) is 20.3 Å². The van der Waals surface area contributed by atoms with Gasteiger partial charge in [0.1, 0.15) is 46.6 Å². The maximum Gasteiger partial charge on any atom is 0.405 e. The Morgan fingerprint density at radius 2 is 1.87 bits per heavy atom. The standard InChI is InChI=1S/C36H46FN5O10S/c1-20-6-5-7-21(2)29(39-34(46)47)32(44)42-18-24(52-31-25-11-10-23(50-3)14-26(25)28(51-4)17-38-31)15-27(42)30(43)40-36(16-22(36)9-8-20)33(45)41-53(48,49)35(19-37)12-13-35/h8-11,14,17,20-22,24,27,29,39H,5-7,12-13,15-16,18-19H2,1-4H3,(H,40,43)(H,41,45)(H,46,47)/t20-,21-,22-,24-,27+,29+,36-/m1/s1. The molecule has 15 nitrogen and oxygen atoms in total. The topological polar surface area (TPSA) is 203 Å². The minimum Gasteiger partial charge on any atom is -0.497 e. The summed E-state index contributed by atoms with van der Waals surface area (Å²) in [5, 5.41) is 16.1. The minimum absolute atomic E-state index is 0.0285. The predicted octanol–water partition coefficient (Wildman–Crippen LogP) is 3.07. The number of methoxy groups -OCH3 is 2. The highest BCUT2D eigenvalue weighted by molar-refractivity contribution is 7.91. The second-order valence-corrected chi connectivity index (χ2v) is 16.8. The maximum atomic E-state index is 14.3. The number of halogens is 1. The Balaban J connectivity index is 1.34. The SMILES string of the molecule is COc1ccc2c(O[C@@H]3C[C@H]4C(=O)N[C@]5(C(=O)NS(=O)(=O)C6(CF)CC6)C[C@H]5C=C[C@H](C)CCC[C@@H](C)[C@H](NC(=O)O)C(=O)N4C3)ncc(OC)c2c1. The molecule has 3 fully saturated rings. The van der Waals surface area contributed by atoms with E-state index in [4.69, 9.17) is 14.2 Å². The highest BCUT2D eigenvalue weighted by Gasteiger charge is 2.64. The number of fused-ring (bicyclic) bond motifs is 3. The highest BCUT2D eigenvalue weighted by atomic mass is 32.2. The maximum absolute atomic E-state index is 14.3. The molecule has 7 atom stereocenters. The van der Waals surface area contributed by atoms with Gasteiger partial charge in [-0.2, -0.15) is 0 Å². The van der Waals surface area contributed by atoms with E-state index < -0.39 is 80.8 Å².